The van der Waals surface area contributed by atoms with Crippen molar-refractivity contribution in [2.75, 3.05) is 5.75 Å². The number of benzene rings is 3. The monoisotopic (exact) mass is 424 g/mol. The Morgan fingerprint density at radius 2 is 1.63 bits per heavy atom. The van der Waals surface area contributed by atoms with E-state index in [0.717, 1.165) is 16.3 Å². The third-order valence-electron chi connectivity index (χ3n) is 5.05. The molecule has 8 heteroatoms. The predicted molar refractivity (Wildman–Crippen MR) is 112 cm³/mol. The van der Waals surface area contributed by atoms with Gasteiger partial charge in [-0.25, -0.2) is 13.2 Å². The Morgan fingerprint density at radius 1 is 0.933 bits per heavy atom. The van der Waals surface area contributed by atoms with Gasteiger partial charge in [0.25, 0.3) is 5.91 Å². The molecule has 2 N–H and O–H groups in total. The van der Waals surface area contributed by atoms with Gasteiger partial charge in [0.1, 0.15) is 17.9 Å². The van der Waals surface area contributed by atoms with Gasteiger partial charge in [-0.2, -0.15) is 0 Å². The largest absolute Gasteiger partial charge is 0.489 e. The van der Waals surface area contributed by atoms with E-state index in [-0.39, 0.29) is 4.90 Å². The van der Waals surface area contributed by atoms with E-state index in [1.165, 1.54) is 19.1 Å². The molecule has 3 aromatic rings. The average Bonchev–Trinajstić information content (AvgIpc) is 2.97. The molecule has 1 aliphatic rings. The molecular formula is C22H20N2O5S. The number of nitrogens with one attached hydrogen (secondary N) is 2. The van der Waals surface area contributed by atoms with Crippen LogP contribution in [0.25, 0.3) is 10.8 Å². The number of ether oxygens (including phenoxy) is 1. The van der Waals surface area contributed by atoms with Gasteiger partial charge >= 0.3 is 6.03 Å². The van der Waals surface area contributed by atoms with Crippen molar-refractivity contribution in [3.05, 3.63) is 72.3 Å². The Labute approximate surface area is 174 Å². The minimum atomic E-state index is -3.80. The molecule has 1 unspecified atom stereocenters. The van der Waals surface area contributed by atoms with E-state index >= 15 is 0 Å². The lowest BCUT2D eigenvalue weighted by Gasteiger charge is -2.20. The lowest BCUT2D eigenvalue weighted by atomic mass is 10.1. The van der Waals surface area contributed by atoms with Crippen LogP contribution in [0, 0.1) is 0 Å². The first-order valence-electron chi connectivity index (χ1n) is 9.33. The van der Waals surface area contributed by atoms with Crippen LogP contribution in [-0.4, -0.2) is 31.6 Å². The highest BCUT2D eigenvalue weighted by Crippen LogP contribution is 2.24. The lowest BCUT2D eigenvalue weighted by molar-refractivity contribution is -0.122. The molecule has 0 bridgehead atoms. The van der Waals surface area contributed by atoms with Crippen LogP contribution in [0.3, 0.4) is 0 Å². The van der Waals surface area contributed by atoms with Crippen molar-refractivity contribution < 1.29 is 22.7 Å². The van der Waals surface area contributed by atoms with E-state index in [9.17, 15) is 18.0 Å². The molecule has 3 aromatic carbocycles. The fourth-order valence-corrected chi connectivity index (χ4v) is 5.15. The number of urea groups is 1. The molecule has 7 nitrogen and oxygen atoms in total. The van der Waals surface area contributed by atoms with Gasteiger partial charge in [-0.15, -0.1) is 0 Å². The van der Waals surface area contributed by atoms with E-state index in [4.69, 9.17) is 4.74 Å². The number of carbonyl (C=O) groups excluding carboxylic acids is 2. The van der Waals surface area contributed by atoms with Crippen LogP contribution in [0.5, 0.6) is 5.75 Å². The second kappa shape index (κ2) is 7.46. The second-order valence-electron chi connectivity index (χ2n) is 7.40. The van der Waals surface area contributed by atoms with Gasteiger partial charge in [0.05, 0.1) is 10.6 Å². The Kier molecular flexibility index (Phi) is 4.95. The maximum atomic E-state index is 12.7. The second-order valence-corrected chi connectivity index (χ2v) is 9.39. The summed E-state index contributed by atoms with van der Waals surface area (Å²) in [5.74, 6) is -0.667. The normalized spacial score (nSPS) is 18.8. The van der Waals surface area contributed by atoms with Crippen molar-refractivity contribution in [3.63, 3.8) is 0 Å². The highest BCUT2D eigenvalue weighted by molar-refractivity contribution is 7.91. The highest BCUT2D eigenvalue weighted by atomic mass is 32.2. The van der Waals surface area contributed by atoms with Crippen LogP contribution in [0.2, 0.25) is 0 Å². The number of hydrogen-bond donors (Lipinski definition) is 2. The maximum absolute atomic E-state index is 12.7. The molecule has 4 rings (SSSR count). The van der Waals surface area contributed by atoms with Crippen LogP contribution >= 0.6 is 0 Å². The van der Waals surface area contributed by atoms with Gasteiger partial charge < -0.3 is 10.1 Å². The van der Waals surface area contributed by atoms with Crippen LogP contribution in [0.4, 0.5) is 4.79 Å². The molecule has 1 fully saturated rings. The molecule has 0 spiro atoms. The minimum absolute atomic E-state index is 0.0511. The third kappa shape index (κ3) is 3.86. The standard InChI is InChI=1S/C22H20N2O5S/c1-22(20(25)23-21(26)24-22)14-30(27,28)18-11-9-17(10-12-18)29-13-16-7-4-6-15-5-2-3-8-19(15)16/h2-12H,13-14H2,1H3,(H2,23,24,25,26). The SMILES string of the molecule is CC1(CS(=O)(=O)c2ccc(OCc3cccc4ccccc34)cc2)NC(=O)NC1=O. The summed E-state index contributed by atoms with van der Waals surface area (Å²) in [7, 11) is -3.80. The van der Waals surface area contributed by atoms with E-state index in [2.05, 4.69) is 10.6 Å². The highest BCUT2D eigenvalue weighted by Gasteiger charge is 2.45. The number of imide groups is 1. The van der Waals surface area contributed by atoms with Crippen LogP contribution in [0.1, 0.15) is 12.5 Å². The Morgan fingerprint density at radius 3 is 2.33 bits per heavy atom. The topological polar surface area (TPSA) is 102 Å². The Balaban J connectivity index is 1.47. The fourth-order valence-electron chi connectivity index (χ4n) is 3.47. The molecule has 1 heterocycles. The zero-order valence-electron chi connectivity index (χ0n) is 16.2. The van der Waals surface area contributed by atoms with Gasteiger partial charge in [-0.1, -0.05) is 42.5 Å². The quantitative estimate of drug-likeness (QED) is 0.593. The lowest BCUT2D eigenvalue weighted by Crippen LogP contribution is -2.49. The fraction of sp³-hybridized carbons (Fsp3) is 0.182. The molecule has 0 radical (unpaired) electrons. The summed E-state index contributed by atoms with van der Waals surface area (Å²) in [6.45, 7) is 1.73. The first kappa shape index (κ1) is 19.9. The van der Waals surface area contributed by atoms with E-state index in [0.29, 0.717) is 12.4 Å². The van der Waals surface area contributed by atoms with Gasteiger partial charge in [-0.05, 0) is 47.5 Å². The van der Waals surface area contributed by atoms with Crippen molar-refractivity contribution in [1.82, 2.24) is 10.6 Å². The molecule has 1 aliphatic heterocycles. The number of rotatable bonds is 6. The van der Waals surface area contributed by atoms with E-state index < -0.39 is 33.1 Å². The summed E-state index contributed by atoms with van der Waals surface area (Å²) in [6.07, 6.45) is 0. The van der Waals surface area contributed by atoms with E-state index in [1.807, 2.05) is 42.5 Å². The van der Waals surface area contributed by atoms with Crippen molar-refractivity contribution in [1.29, 1.82) is 0 Å². The van der Waals surface area contributed by atoms with Gasteiger partial charge in [0.15, 0.2) is 9.84 Å². The van der Waals surface area contributed by atoms with Crippen molar-refractivity contribution in [3.8, 4) is 5.75 Å². The number of carbonyl (C=O) groups is 2. The third-order valence-corrected chi connectivity index (χ3v) is 7.00. The molecule has 30 heavy (non-hydrogen) atoms. The van der Waals surface area contributed by atoms with Crippen LogP contribution in [-0.2, 0) is 21.2 Å². The molecule has 0 aliphatic carbocycles. The van der Waals surface area contributed by atoms with Gasteiger partial charge in [0.2, 0.25) is 0 Å². The zero-order chi connectivity index (χ0) is 21.4. The smallest absolute Gasteiger partial charge is 0.322 e. The molecule has 154 valence electrons. The maximum Gasteiger partial charge on any atom is 0.322 e. The summed E-state index contributed by atoms with van der Waals surface area (Å²) >= 11 is 0. The minimum Gasteiger partial charge on any atom is -0.489 e. The molecule has 0 aromatic heterocycles. The Bertz CT molecular complexity index is 1230. The van der Waals surface area contributed by atoms with Crippen molar-refractivity contribution in [2.45, 2.75) is 24.0 Å². The summed E-state index contributed by atoms with van der Waals surface area (Å²) < 4.78 is 31.3. The van der Waals surface area contributed by atoms with Gasteiger partial charge in [-0.3, -0.25) is 10.1 Å². The molecule has 0 saturated carbocycles. The Hall–Kier alpha value is -3.39. The van der Waals surface area contributed by atoms with Crippen LogP contribution < -0.4 is 15.4 Å². The summed E-state index contributed by atoms with van der Waals surface area (Å²) in [5.41, 5.74) is -0.472. The summed E-state index contributed by atoms with van der Waals surface area (Å²) in [5, 5.41) is 6.65. The average molecular weight is 424 g/mol. The number of hydrogen-bond acceptors (Lipinski definition) is 5. The molecule has 1 saturated heterocycles. The van der Waals surface area contributed by atoms with Crippen molar-refractivity contribution >= 4 is 32.5 Å². The number of amides is 3. The van der Waals surface area contributed by atoms with Crippen molar-refractivity contribution in [2.24, 2.45) is 0 Å². The zero-order valence-corrected chi connectivity index (χ0v) is 17.0. The van der Waals surface area contributed by atoms with Crippen LogP contribution in [0.15, 0.2) is 71.6 Å². The number of sulfone groups is 1. The predicted octanol–water partition coefficient (Wildman–Crippen LogP) is 2.79. The molecular weight excluding hydrogens is 404 g/mol. The van der Waals surface area contributed by atoms with Gasteiger partial charge in [0, 0.05) is 0 Å². The summed E-state index contributed by atoms with van der Waals surface area (Å²) in [6, 6.07) is 19.3. The number of fused-ring (bicyclic) bond motifs is 1. The molecule has 3 amide bonds. The first-order chi connectivity index (χ1) is 14.3. The first-order valence-corrected chi connectivity index (χ1v) is 11.0. The molecule has 1 atom stereocenters. The summed E-state index contributed by atoms with van der Waals surface area (Å²) in [4.78, 5) is 23.3. The van der Waals surface area contributed by atoms with E-state index in [1.54, 1.807) is 12.1 Å².